The molecular weight excluding hydrogens is 436 g/mol. The van der Waals surface area contributed by atoms with Gasteiger partial charge in [0, 0.05) is 25.7 Å². The smallest absolute Gasteiger partial charge is 0.249 e. The molecule has 168 valence electrons. The predicted molar refractivity (Wildman–Crippen MR) is 127 cm³/mol. The molecule has 2 fully saturated rings. The molecule has 3 aromatic rings. The first-order valence-corrected chi connectivity index (χ1v) is 11.8. The molecule has 1 amide bonds. The van der Waals surface area contributed by atoms with Crippen molar-refractivity contribution in [2.24, 2.45) is 0 Å². The number of carbonyl (C=O) groups is 1. The third-order valence-corrected chi connectivity index (χ3v) is 7.58. The summed E-state index contributed by atoms with van der Waals surface area (Å²) in [5.41, 5.74) is 5.13. The standard InChI is InChI=1S/C27H25ClN2O3/c28-24-13-18(9-10-25(24)31)14-29-12-11-19(15-29)30-17-27(33-16-26(30)32)22-7-3-1-5-20(22)21-6-2-4-8-23(21)27/h1-10,13,19,31H,11-12,14-17H2. The van der Waals surface area contributed by atoms with Crippen molar-refractivity contribution in [2.45, 2.75) is 24.6 Å². The van der Waals surface area contributed by atoms with Crippen LogP contribution >= 0.6 is 11.6 Å². The van der Waals surface area contributed by atoms with Gasteiger partial charge in [-0.15, -0.1) is 0 Å². The van der Waals surface area contributed by atoms with Gasteiger partial charge in [0.15, 0.2) is 0 Å². The van der Waals surface area contributed by atoms with E-state index in [4.69, 9.17) is 16.3 Å². The van der Waals surface area contributed by atoms with Gasteiger partial charge in [-0.05, 0) is 46.4 Å². The summed E-state index contributed by atoms with van der Waals surface area (Å²) in [6.07, 6.45) is 0.928. The van der Waals surface area contributed by atoms with Gasteiger partial charge in [-0.2, -0.15) is 0 Å². The molecule has 1 aliphatic carbocycles. The fourth-order valence-electron chi connectivity index (χ4n) is 5.70. The molecule has 1 atom stereocenters. The first kappa shape index (κ1) is 20.7. The Bertz CT molecular complexity index is 1200. The summed E-state index contributed by atoms with van der Waals surface area (Å²) in [6, 6.07) is 22.3. The van der Waals surface area contributed by atoms with Crippen LogP contribution in [-0.2, 0) is 21.7 Å². The third kappa shape index (κ3) is 3.34. The monoisotopic (exact) mass is 460 g/mol. The minimum atomic E-state index is -0.612. The highest BCUT2D eigenvalue weighted by molar-refractivity contribution is 6.32. The van der Waals surface area contributed by atoms with E-state index in [2.05, 4.69) is 53.4 Å². The van der Waals surface area contributed by atoms with Crippen molar-refractivity contribution in [3.05, 3.63) is 88.4 Å². The summed E-state index contributed by atoms with van der Waals surface area (Å²) in [6.45, 7) is 3.08. The molecule has 0 bridgehead atoms. The van der Waals surface area contributed by atoms with Gasteiger partial charge in [0.25, 0.3) is 0 Å². The average Bonchev–Trinajstić information content (AvgIpc) is 3.40. The fourth-order valence-corrected chi connectivity index (χ4v) is 5.91. The van der Waals surface area contributed by atoms with Gasteiger partial charge in [-0.25, -0.2) is 0 Å². The second-order valence-corrected chi connectivity index (χ2v) is 9.60. The van der Waals surface area contributed by atoms with Gasteiger partial charge in [-0.1, -0.05) is 66.2 Å². The van der Waals surface area contributed by atoms with Crippen LogP contribution in [0.15, 0.2) is 66.7 Å². The van der Waals surface area contributed by atoms with Crippen LogP contribution in [-0.4, -0.2) is 53.1 Å². The quantitative estimate of drug-likeness (QED) is 0.629. The highest BCUT2D eigenvalue weighted by Crippen LogP contribution is 2.51. The van der Waals surface area contributed by atoms with Crippen LogP contribution in [0.2, 0.25) is 5.02 Å². The van der Waals surface area contributed by atoms with E-state index in [0.29, 0.717) is 11.6 Å². The third-order valence-electron chi connectivity index (χ3n) is 7.28. The maximum Gasteiger partial charge on any atom is 0.249 e. The molecule has 6 heteroatoms. The summed E-state index contributed by atoms with van der Waals surface area (Å²) >= 11 is 6.09. The van der Waals surface area contributed by atoms with Crippen molar-refractivity contribution in [1.29, 1.82) is 0 Å². The zero-order chi connectivity index (χ0) is 22.6. The van der Waals surface area contributed by atoms with Crippen LogP contribution in [0.25, 0.3) is 11.1 Å². The van der Waals surface area contributed by atoms with Crippen LogP contribution in [0.1, 0.15) is 23.1 Å². The van der Waals surface area contributed by atoms with Gasteiger partial charge < -0.3 is 14.7 Å². The van der Waals surface area contributed by atoms with Crippen molar-refractivity contribution in [1.82, 2.24) is 9.80 Å². The molecular formula is C27H25ClN2O3. The molecule has 3 aromatic carbocycles. The lowest BCUT2D eigenvalue weighted by Crippen LogP contribution is -2.56. The maximum absolute atomic E-state index is 13.0. The Morgan fingerprint density at radius 3 is 2.42 bits per heavy atom. The summed E-state index contributed by atoms with van der Waals surface area (Å²) in [7, 11) is 0. The molecule has 0 saturated carbocycles. The van der Waals surface area contributed by atoms with E-state index in [0.717, 1.165) is 42.7 Å². The van der Waals surface area contributed by atoms with Gasteiger partial charge in [0.1, 0.15) is 18.0 Å². The van der Waals surface area contributed by atoms with Crippen LogP contribution < -0.4 is 0 Å². The molecule has 1 unspecified atom stereocenters. The predicted octanol–water partition coefficient (Wildman–Crippen LogP) is 4.40. The number of hydrogen-bond donors (Lipinski definition) is 1. The van der Waals surface area contributed by atoms with E-state index in [1.54, 1.807) is 6.07 Å². The molecule has 1 N–H and O–H groups in total. The lowest BCUT2D eigenvalue weighted by atomic mass is 9.88. The number of morpholine rings is 1. The van der Waals surface area contributed by atoms with Crippen molar-refractivity contribution < 1.29 is 14.6 Å². The van der Waals surface area contributed by atoms with E-state index in [1.165, 1.54) is 11.1 Å². The Balaban J connectivity index is 1.26. The van der Waals surface area contributed by atoms with Crippen LogP contribution in [0, 0.1) is 0 Å². The van der Waals surface area contributed by atoms with Crippen LogP contribution in [0.3, 0.4) is 0 Å². The Hall–Kier alpha value is -2.86. The Kier molecular flexibility index (Phi) is 4.94. The van der Waals surface area contributed by atoms with E-state index < -0.39 is 5.60 Å². The number of nitrogens with zero attached hydrogens (tertiary/aromatic N) is 2. The summed E-state index contributed by atoms with van der Waals surface area (Å²) in [5, 5.41) is 10.1. The molecule has 5 nitrogen and oxygen atoms in total. The second-order valence-electron chi connectivity index (χ2n) is 9.19. The van der Waals surface area contributed by atoms with Crippen molar-refractivity contribution >= 4 is 17.5 Å². The van der Waals surface area contributed by atoms with E-state index >= 15 is 0 Å². The first-order valence-electron chi connectivity index (χ1n) is 11.4. The molecule has 2 heterocycles. The topological polar surface area (TPSA) is 53.0 Å². The molecule has 33 heavy (non-hydrogen) atoms. The average molecular weight is 461 g/mol. The number of phenols is 1. The number of phenolic OH excluding ortho intramolecular Hbond substituents is 1. The van der Waals surface area contributed by atoms with E-state index in [-0.39, 0.29) is 24.3 Å². The first-order chi connectivity index (χ1) is 16.0. The lowest BCUT2D eigenvalue weighted by Gasteiger charge is -2.44. The number of hydrogen-bond acceptors (Lipinski definition) is 4. The zero-order valence-electron chi connectivity index (χ0n) is 18.2. The normalized spacial score (nSPS) is 21.4. The minimum absolute atomic E-state index is 0.0574. The number of ether oxygens (including phenoxy) is 1. The molecule has 0 radical (unpaired) electrons. The molecule has 3 aliphatic rings. The van der Waals surface area contributed by atoms with E-state index in [9.17, 15) is 9.90 Å². The molecule has 6 rings (SSSR count). The van der Waals surface area contributed by atoms with Gasteiger partial charge in [-0.3, -0.25) is 9.69 Å². The number of amides is 1. The van der Waals surface area contributed by atoms with Gasteiger partial charge in [0.05, 0.1) is 11.6 Å². The number of carbonyl (C=O) groups excluding carboxylic acids is 1. The molecule has 1 spiro atoms. The number of likely N-dealkylation sites (tertiary alicyclic amines) is 1. The number of fused-ring (bicyclic) bond motifs is 5. The van der Waals surface area contributed by atoms with E-state index in [1.807, 2.05) is 17.0 Å². The number of benzene rings is 3. The summed E-state index contributed by atoms with van der Waals surface area (Å²) in [4.78, 5) is 17.4. The number of rotatable bonds is 3. The molecule has 2 saturated heterocycles. The van der Waals surface area contributed by atoms with Crippen LogP contribution in [0.4, 0.5) is 0 Å². The summed E-state index contributed by atoms with van der Waals surface area (Å²) < 4.78 is 6.39. The van der Waals surface area contributed by atoms with Gasteiger partial charge >= 0.3 is 0 Å². The Labute approximate surface area is 198 Å². The van der Waals surface area contributed by atoms with Gasteiger partial charge in [0.2, 0.25) is 5.91 Å². The fraction of sp³-hybridized carbons (Fsp3) is 0.296. The number of halogens is 1. The SMILES string of the molecule is O=C1COC2(CN1C1CCN(Cc3ccc(O)c(Cl)c3)C1)c1ccccc1-c1ccccc12. The second kappa shape index (κ2) is 7.87. The van der Waals surface area contributed by atoms with Crippen molar-refractivity contribution in [2.75, 3.05) is 26.2 Å². The van der Waals surface area contributed by atoms with Crippen molar-refractivity contribution in [3.63, 3.8) is 0 Å². The zero-order valence-corrected chi connectivity index (χ0v) is 19.0. The molecule has 2 aliphatic heterocycles. The Morgan fingerprint density at radius 1 is 1.03 bits per heavy atom. The summed E-state index contributed by atoms with van der Waals surface area (Å²) in [5.74, 6) is 0.156. The Morgan fingerprint density at radius 2 is 1.73 bits per heavy atom. The van der Waals surface area contributed by atoms with Crippen LogP contribution in [0.5, 0.6) is 5.75 Å². The highest BCUT2D eigenvalue weighted by atomic mass is 35.5. The lowest BCUT2D eigenvalue weighted by molar-refractivity contribution is -0.162. The maximum atomic E-state index is 13.0. The number of aromatic hydroxyl groups is 1. The van der Waals surface area contributed by atoms with Crippen molar-refractivity contribution in [3.8, 4) is 16.9 Å². The minimum Gasteiger partial charge on any atom is -0.506 e. The molecule has 0 aromatic heterocycles. The largest absolute Gasteiger partial charge is 0.506 e. The highest BCUT2D eigenvalue weighted by Gasteiger charge is 2.50.